The second-order valence-corrected chi connectivity index (χ2v) is 7.69. The maximum atomic E-state index is 12.4. The molecule has 0 saturated heterocycles. The summed E-state index contributed by atoms with van der Waals surface area (Å²) in [6.45, 7) is 1.49. The van der Waals surface area contributed by atoms with E-state index in [1.165, 1.54) is 20.2 Å². The van der Waals surface area contributed by atoms with Crippen LogP contribution >= 0.6 is 23.9 Å². The van der Waals surface area contributed by atoms with Gasteiger partial charge < -0.3 is 10.5 Å². The predicted molar refractivity (Wildman–Crippen MR) is 94.8 cm³/mol. The Labute approximate surface area is 150 Å². The van der Waals surface area contributed by atoms with Crippen LogP contribution in [0.4, 0.5) is 0 Å². The summed E-state index contributed by atoms with van der Waals surface area (Å²) in [4.78, 5) is 12.5. The van der Waals surface area contributed by atoms with Crippen LogP contribution in [-0.2, 0) is 14.8 Å². The maximum absolute atomic E-state index is 12.4. The average molecular weight is 392 g/mol. The first kappa shape index (κ1) is 20.4. The summed E-state index contributed by atoms with van der Waals surface area (Å²) in [5.74, 6) is -0.249. The van der Waals surface area contributed by atoms with Crippen molar-refractivity contribution in [2.24, 2.45) is 5.73 Å². The average Bonchev–Trinajstić information content (AvgIpc) is 3.07. The van der Waals surface area contributed by atoms with Crippen molar-refractivity contribution >= 4 is 39.9 Å². The zero-order valence-corrected chi connectivity index (χ0v) is 15.5. The lowest BCUT2D eigenvalue weighted by Crippen LogP contribution is -2.39. The molecular weight excluding hydrogens is 374 g/mol. The molecule has 10 heteroatoms. The fourth-order valence-corrected chi connectivity index (χ4v) is 3.56. The summed E-state index contributed by atoms with van der Waals surface area (Å²) in [6.07, 6.45) is 1.50. The Morgan fingerprint density at radius 2 is 2.08 bits per heavy atom. The van der Waals surface area contributed by atoms with Crippen molar-refractivity contribution in [2.45, 2.75) is 18.2 Å². The number of methoxy groups -OCH3 is 1. The molecular formula is C14H18ClN3O4S2. The molecule has 0 aliphatic rings. The lowest BCUT2D eigenvalue weighted by Gasteiger charge is -2.16. The highest BCUT2D eigenvalue weighted by Crippen LogP contribution is 2.25. The maximum Gasteiger partial charge on any atom is 0.255 e. The number of carbonyl (C=O) groups is 1. The van der Waals surface area contributed by atoms with Crippen LogP contribution < -0.4 is 15.2 Å². The summed E-state index contributed by atoms with van der Waals surface area (Å²) >= 11 is 1.05. The normalized spacial score (nSPS) is 13.5. The number of hydrogen-bond acceptors (Lipinski definition) is 7. The molecule has 24 heavy (non-hydrogen) atoms. The molecule has 0 saturated carbocycles. The molecule has 1 amide bonds. The van der Waals surface area contributed by atoms with Gasteiger partial charge in [0.25, 0.3) is 5.91 Å². The van der Waals surface area contributed by atoms with Crippen LogP contribution in [0.1, 0.15) is 28.7 Å². The number of hydrogen-bond donors (Lipinski definition) is 2. The van der Waals surface area contributed by atoms with E-state index in [0.29, 0.717) is 16.2 Å². The molecule has 2 aromatic rings. The van der Waals surface area contributed by atoms with Crippen molar-refractivity contribution in [3.8, 4) is 5.75 Å². The quantitative estimate of drug-likeness (QED) is 0.776. The Morgan fingerprint density at radius 3 is 2.67 bits per heavy atom. The van der Waals surface area contributed by atoms with Gasteiger partial charge in [0.05, 0.1) is 12.0 Å². The third-order valence-electron chi connectivity index (χ3n) is 3.32. The lowest BCUT2D eigenvalue weighted by molar-refractivity contribution is -0.120. The number of ether oxygens (including phenoxy) is 1. The fraction of sp³-hybridized carbons (Fsp3) is 0.286. The van der Waals surface area contributed by atoms with E-state index < -0.39 is 27.2 Å². The summed E-state index contributed by atoms with van der Waals surface area (Å²) in [5, 5.41) is -0.935. The van der Waals surface area contributed by atoms with Crippen molar-refractivity contribution in [3.63, 3.8) is 0 Å². The number of sulfonamides is 1. The first-order valence-corrected chi connectivity index (χ1v) is 9.02. The lowest BCUT2D eigenvalue weighted by atomic mass is 10.1. The number of rotatable bonds is 6. The van der Waals surface area contributed by atoms with Crippen molar-refractivity contribution in [1.82, 2.24) is 9.10 Å². The molecule has 0 radical (unpaired) electrons. The van der Waals surface area contributed by atoms with Gasteiger partial charge in [-0.25, -0.2) is 12.8 Å². The molecule has 0 spiro atoms. The van der Waals surface area contributed by atoms with Gasteiger partial charge in [0.1, 0.15) is 17.0 Å². The molecule has 0 bridgehead atoms. The molecule has 1 aromatic heterocycles. The molecule has 0 fully saturated rings. The topological polar surface area (TPSA) is 111 Å². The van der Waals surface area contributed by atoms with Crippen LogP contribution in [0.15, 0.2) is 36.5 Å². The number of amides is 1. The van der Waals surface area contributed by atoms with E-state index in [1.807, 2.05) is 4.72 Å². The van der Waals surface area contributed by atoms with Gasteiger partial charge in [-0.15, -0.1) is 12.4 Å². The SMILES string of the molecule is COc1cccc(C(C)S(=O)(=O)NC(=O)C(N)c2ccns2)c1.Cl. The molecule has 3 N–H and O–H groups in total. The van der Waals surface area contributed by atoms with Gasteiger partial charge in [-0.2, -0.15) is 0 Å². The van der Waals surface area contributed by atoms with E-state index in [-0.39, 0.29) is 12.4 Å². The predicted octanol–water partition coefficient (Wildman–Crippen LogP) is 1.78. The molecule has 132 valence electrons. The van der Waals surface area contributed by atoms with Crippen molar-refractivity contribution in [1.29, 1.82) is 0 Å². The molecule has 7 nitrogen and oxygen atoms in total. The highest BCUT2D eigenvalue weighted by atomic mass is 35.5. The van der Waals surface area contributed by atoms with Gasteiger partial charge in [0.2, 0.25) is 10.0 Å². The standard InChI is InChI=1S/C14H17N3O4S2.ClH/c1-9(10-4-3-5-11(8-10)21-2)23(19,20)17-14(18)13(15)12-6-7-16-22-12;/h3-9,13H,15H2,1-2H3,(H,17,18);1H. The Bertz CT molecular complexity index is 781. The second kappa shape index (κ2) is 8.43. The van der Waals surface area contributed by atoms with E-state index in [4.69, 9.17) is 10.5 Å². The number of nitrogens with two attached hydrogens (primary N) is 1. The Kier molecular flexibility index (Phi) is 7.15. The fourth-order valence-electron chi connectivity index (χ4n) is 1.88. The minimum atomic E-state index is -3.92. The number of nitrogens with zero attached hydrogens (tertiary/aromatic N) is 1. The van der Waals surface area contributed by atoms with Gasteiger partial charge >= 0.3 is 0 Å². The zero-order valence-electron chi connectivity index (χ0n) is 13.0. The van der Waals surface area contributed by atoms with Gasteiger partial charge in [-0.05, 0) is 42.2 Å². The summed E-state index contributed by atoms with van der Waals surface area (Å²) in [7, 11) is -2.43. The Morgan fingerprint density at radius 1 is 1.38 bits per heavy atom. The van der Waals surface area contributed by atoms with Crippen LogP contribution in [-0.4, -0.2) is 25.8 Å². The molecule has 2 unspecified atom stereocenters. The largest absolute Gasteiger partial charge is 0.497 e. The van der Waals surface area contributed by atoms with Crippen molar-refractivity contribution < 1.29 is 17.9 Å². The summed E-state index contributed by atoms with van der Waals surface area (Å²) < 4.78 is 35.7. The van der Waals surface area contributed by atoms with Crippen molar-refractivity contribution in [3.05, 3.63) is 47.0 Å². The highest BCUT2D eigenvalue weighted by Gasteiger charge is 2.28. The number of carbonyl (C=O) groups excluding carboxylic acids is 1. The van der Waals surface area contributed by atoms with Crippen LogP contribution in [0.25, 0.3) is 0 Å². The van der Waals surface area contributed by atoms with Crippen LogP contribution in [0.5, 0.6) is 5.75 Å². The van der Waals surface area contributed by atoms with Gasteiger partial charge in [-0.1, -0.05) is 12.1 Å². The molecule has 1 aromatic carbocycles. The minimum Gasteiger partial charge on any atom is -0.497 e. The first-order chi connectivity index (χ1) is 10.8. The van der Waals surface area contributed by atoms with Crippen LogP contribution in [0.2, 0.25) is 0 Å². The number of benzene rings is 1. The van der Waals surface area contributed by atoms with Gasteiger partial charge in [0.15, 0.2) is 0 Å². The van der Waals surface area contributed by atoms with Gasteiger partial charge in [-0.3, -0.25) is 9.52 Å². The van der Waals surface area contributed by atoms with Crippen molar-refractivity contribution in [2.75, 3.05) is 7.11 Å². The molecule has 1 heterocycles. The Balaban J connectivity index is 0.00000288. The molecule has 0 aliphatic heterocycles. The zero-order chi connectivity index (χ0) is 17.0. The third-order valence-corrected chi connectivity index (χ3v) is 5.84. The van der Waals surface area contributed by atoms with E-state index in [1.54, 1.807) is 30.3 Å². The van der Waals surface area contributed by atoms with E-state index in [9.17, 15) is 13.2 Å². The van der Waals surface area contributed by atoms with Crippen LogP contribution in [0, 0.1) is 0 Å². The molecule has 2 rings (SSSR count). The third kappa shape index (κ3) is 4.67. The number of aromatic nitrogens is 1. The van der Waals surface area contributed by atoms with E-state index in [2.05, 4.69) is 4.37 Å². The first-order valence-electron chi connectivity index (χ1n) is 6.70. The number of nitrogens with one attached hydrogen (secondary N) is 1. The highest BCUT2D eigenvalue weighted by molar-refractivity contribution is 7.90. The minimum absolute atomic E-state index is 0. The van der Waals surface area contributed by atoms with E-state index >= 15 is 0 Å². The smallest absolute Gasteiger partial charge is 0.255 e. The van der Waals surface area contributed by atoms with Crippen LogP contribution in [0.3, 0.4) is 0 Å². The molecule has 2 atom stereocenters. The Hall–Kier alpha value is -1.68. The summed E-state index contributed by atoms with van der Waals surface area (Å²) in [5.41, 5.74) is 6.26. The number of halogens is 1. The second-order valence-electron chi connectivity index (χ2n) is 4.82. The van der Waals surface area contributed by atoms with E-state index in [0.717, 1.165) is 11.5 Å². The van der Waals surface area contributed by atoms with Gasteiger partial charge in [0, 0.05) is 6.20 Å². The monoisotopic (exact) mass is 391 g/mol. The molecule has 0 aliphatic carbocycles. The summed E-state index contributed by atoms with van der Waals surface area (Å²) in [6, 6.07) is 7.16.